The fraction of sp³-hybridized carbons (Fsp3) is 0.167. The highest BCUT2D eigenvalue weighted by Gasteiger charge is 2.38. The molecule has 24 heavy (non-hydrogen) atoms. The van der Waals surface area contributed by atoms with Crippen LogP contribution in [-0.2, 0) is 16.1 Å². The van der Waals surface area contributed by atoms with E-state index in [1.807, 2.05) is 6.92 Å². The van der Waals surface area contributed by atoms with Crippen LogP contribution in [-0.4, -0.2) is 28.3 Å². The third-order valence-electron chi connectivity index (χ3n) is 3.66. The number of ether oxygens (including phenoxy) is 1. The van der Waals surface area contributed by atoms with Crippen LogP contribution in [0.3, 0.4) is 0 Å². The number of amides is 2. The van der Waals surface area contributed by atoms with Crippen LogP contribution in [0.5, 0.6) is 5.75 Å². The number of hydrogen-bond donors (Lipinski definition) is 0. The lowest BCUT2D eigenvalue weighted by molar-refractivity contribution is -0.137. The van der Waals surface area contributed by atoms with Gasteiger partial charge < -0.3 is 4.74 Å². The van der Waals surface area contributed by atoms with Crippen molar-refractivity contribution >= 4 is 29.0 Å². The minimum absolute atomic E-state index is 0.0572. The highest BCUT2D eigenvalue weighted by molar-refractivity contribution is 6.55. The monoisotopic (exact) mass is 342 g/mol. The predicted molar refractivity (Wildman–Crippen MR) is 90.2 cm³/mol. The Morgan fingerprint density at radius 1 is 1.04 bits per heavy atom. The molecule has 0 unspecified atom stereocenters. The summed E-state index contributed by atoms with van der Waals surface area (Å²) in [7, 11) is 0. The summed E-state index contributed by atoms with van der Waals surface area (Å²) in [6.45, 7) is 2.61. The molecule has 6 heteroatoms. The van der Waals surface area contributed by atoms with Crippen LogP contribution < -0.4 is 4.74 Å². The number of carbonyl (C=O) groups is 2. The molecule has 0 atom stereocenters. The fourth-order valence-corrected chi connectivity index (χ4v) is 2.79. The largest absolute Gasteiger partial charge is 0.494 e. The van der Waals surface area contributed by atoms with Crippen molar-refractivity contribution in [2.45, 2.75) is 13.5 Å². The van der Waals surface area contributed by atoms with Crippen LogP contribution in [0.4, 0.5) is 0 Å². The number of aromatic nitrogens is 1. The molecule has 1 aliphatic rings. The molecule has 3 rings (SSSR count). The second-order valence-corrected chi connectivity index (χ2v) is 5.58. The molecule has 122 valence electrons. The van der Waals surface area contributed by atoms with Crippen LogP contribution in [0.15, 0.2) is 53.8 Å². The molecule has 0 fully saturated rings. The number of carbonyl (C=O) groups excluding carboxylic acids is 2. The van der Waals surface area contributed by atoms with Gasteiger partial charge in [0.15, 0.2) is 0 Å². The van der Waals surface area contributed by atoms with Crippen molar-refractivity contribution in [1.29, 1.82) is 0 Å². The van der Waals surface area contributed by atoms with E-state index in [-0.39, 0.29) is 17.2 Å². The Balaban J connectivity index is 1.86. The first-order chi connectivity index (χ1) is 11.6. The number of rotatable bonds is 5. The summed E-state index contributed by atoms with van der Waals surface area (Å²) in [4.78, 5) is 30.1. The Labute approximate surface area is 144 Å². The van der Waals surface area contributed by atoms with Gasteiger partial charge in [0.05, 0.1) is 18.7 Å². The second kappa shape index (κ2) is 6.84. The Hall–Kier alpha value is -2.66. The zero-order valence-electron chi connectivity index (χ0n) is 13.0. The fourth-order valence-electron chi connectivity index (χ4n) is 2.50. The van der Waals surface area contributed by atoms with Gasteiger partial charge in [0.25, 0.3) is 11.8 Å². The number of imide groups is 1. The number of pyridine rings is 1. The van der Waals surface area contributed by atoms with Crippen molar-refractivity contribution in [2.75, 3.05) is 6.61 Å². The molecule has 0 N–H and O–H groups in total. The molecule has 0 aliphatic carbocycles. The van der Waals surface area contributed by atoms with Crippen molar-refractivity contribution in [3.63, 3.8) is 0 Å². The molecule has 5 nitrogen and oxygen atoms in total. The van der Waals surface area contributed by atoms with Crippen molar-refractivity contribution in [3.05, 3.63) is 65.0 Å². The van der Waals surface area contributed by atoms with E-state index in [1.54, 1.807) is 48.8 Å². The van der Waals surface area contributed by atoms with E-state index in [2.05, 4.69) is 4.98 Å². The molecular weight excluding hydrogens is 328 g/mol. The summed E-state index contributed by atoms with van der Waals surface area (Å²) in [5.74, 6) is -0.184. The van der Waals surface area contributed by atoms with Crippen molar-refractivity contribution in [1.82, 2.24) is 9.88 Å². The molecule has 2 aromatic rings. The van der Waals surface area contributed by atoms with E-state index in [0.29, 0.717) is 17.9 Å². The molecule has 0 saturated heterocycles. The van der Waals surface area contributed by atoms with Crippen LogP contribution in [0.25, 0.3) is 5.57 Å². The van der Waals surface area contributed by atoms with Gasteiger partial charge in [-0.2, -0.15) is 0 Å². The standard InChI is InChI=1S/C18H15ClN2O3/c1-2-24-14-5-3-13(4-6-14)15-16(19)18(23)21(17(15)22)11-12-7-9-20-10-8-12/h3-10H,2,11H2,1H3. The van der Waals surface area contributed by atoms with Gasteiger partial charge in [-0.25, -0.2) is 0 Å². The van der Waals surface area contributed by atoms with Gasteiger partial charge in [-0.15, -0.1) is 0 Å². The third-order valence-corrected chi connectivity index (χ3v) is 4.01. The molecule has 0 saturated carbocycles. The van der Waals surface area contributed by atoms with E-state index >= 15 is 0 Å². The summed E-state index contributed by atoms with van der Waals surface area (Å²) >= 11 is 6.14. The van der Waals surface area contributed by atoms with Gasteiger partial charge in [0.2, 0.25) is 0 Å². The molecule has 2 heterocycles. The zero-order valence-corrected chi connectivity index (χ0v) is 13.8. The molecule has 1 aromatic carbocycles. The minimum Gasteiger partial charge on any atom is -0.494 e. The first-order valence-electron chi connectivity index (χ1n) is 7.50. The quantitative estimate of drug-likeness (QED) is 0.784. The summed E-state index contributed by atoms with van der Waals surface area (Å²) < 4.78 is 5.38. The highest BCUT2D eigenvalue weighted by Crippen LogP contribution is 2.33. The Kier molecular flexibility index (Phi) is 4.62. The maximum Gasteiger partial charge on any atom is 0.273 e. The summed E-state index contributed by atoms with van der Waals surface area (Å²) in [5, 5.41) is -0.0572. The smallest absolute Gasteiger partial charge is 0.273 e. The van der Waals surface area contributed by atoms with Crippen LogP contribution >= 0.6 is 11.6 Å². The molecule has 0 bridgehead atoms. The van der Waals surface area contributed by atoms with Gasteiger partial charge >= 0.3 is 0 Å². The molecule has 1 aliphatic heterocycles. The van der Waals surface area contributed by atoms with E-state index in [0.717, 1.165) is 10.5 Å². The molecule has 2 amide bonds. The van der Waals surface area contributed by atoms with Crippen LogP contribution in [0.2, 0.25) is 0 Å². The average molecular weight is 343 g/mol. The normalized spacial score (nSPS) is 14.5. The van der Waals surface area contributed by atoms with Crippen molar-refractivity contribution in [2.24, 2.45) is 0 Å². The molecule has 1 aromatic heterocycles. The summed E-state index contributed by atoms with van der Waals surface area (Å²) in [6, 6.07) is 10.5. The van der Waals surface area contributed by atoms with Crippen LogP contribution in [0.1, 0.15) is 18.1 Å². The van der Waals surface area contributed by atoms with Gasteiger partial charge in [-0.1, -0.05) is 23.7 Å². The lowest BCUT2D eigenvalue weighted by Crippen LogP contribution is -2.30. The van der Waals surface area contributed by atoms with E-state index in [9.17, 15) is 9.59 Å². The molecule has 0 spiro atoms. The zero-order chi connectivity index (χ0) is 17.1. The van der Waals surface area contributed by atoms with Gasteiger partial charge in [0.1, 0.15) is 10.8 Å². The second-order valence-electron chi connectivity index (χ2n) is 5.20. The van der Waals surface area contributed by atoms with Gasteiger partial charge in [-0.05, 0) is 42.3 Å². The number of halogens is 1. The predicted octanol–water partition coefficient (Wildman–Crippen LogP) is 3.00. The van der Waals surface area contributed by atoms with Crippen molar-refractivity contribution < 1.29 is 14.3 Å². The first kappa shape index (κ1) is 16.2. The Bertz CT molecular complexity index is 801. The maximum absolute atomic E-state index is 12.7. The first-order valence-corrected chi connectivity index (χ1v) is 7.87. The molecular formula is C18H15ClN2O3. The number of hydrogen-bond acceptors (Lipinski definition) is 4. The number of nitrogens with zero attached hydrogens (tertiary/aromatic N) is 2. The Morgan fingerprint density at radius 2 is 1.71 bits per heavy atom. The summed E-state index contributed by atoms with van der Waals surface area (Å²) in [6.07, 6.45) is 3.23. The third kappa shape index (κ3) is 3.03. The molecule has 0 radical (unpaired) electrons. The van der Waals surface area contributed by atoms with E-state index in [1.165, 1.54) is 0 Å². The minimum atomic E-state index is -0.484. The highest BCUT2D eigenvalue weighted by atomic mass is 35.5. The number of benzene rings is 1. The summed E-state index contributed by atoms with van der Waals surface area (Å²) in [5.41, 5.74) is 1.63. The topological polar surface area (TPSA) is 59.5 Å². The van der Waals surface area contributed by atoms with Gasteiger partial charge in [-0.3, -0.25) is 19.5 Å². The van der Waals surface area contributed by atoms with E-state index < -0.39 is 11.8 Å². The average Bonchev–Trinajstić information content (AvgIpc) is 2.81. The van der Waals surface area contributed by atoms with Crippen molar-refractivity contribution in [3.8, 4) is 5.75 Å². The lowest BCUT2D eigenvalue weighted by Gasteiger charge is -2.14. The lowest BCUT2D eigenvalue weighted by atomic mass is 10.1. The van der Waals surface area contributed by atoms with Gasteiger partial charge in [0, 0.05) is 12.4 Å². The maximum atomic E-state index is 12.7. The van der Waals surface area contributed by atoms with E-state index in [4.69, 9.17) is 16.3 Å². The van der Waals surface area contributed by atoms with Crippen LogP contribution in [0, 0.1) is 0 Å². The Morgan fingerprint density at radius 3 is 2.33 bits per heavy atom. The SMILES string of the molecule is CCOc1ccc(C2=C(Cl)C(=O)N(Cc3ccncc3)C2=O)cc1.